The van der Waals surface area contributed by atoms with Crippen LogP contribution in [0.2, 0.25) is 0 Å². The predicted molar refractivity (Wildman–Crippen MR) is 106 cm³/mol. The van der Waals surface area contributed by atoms with Crippen molar-refractivity contribution in [3.8, 4) is 11.4 Å². The van der Waals surface area contributed by atoms with Crippen molar-refractivity contribution >= 4 is 11.3 Å². The molecule has 0 saturated carbocycles. The van der Waals surface area contributed by atoms with E-state index in [1.807, 2.05) is 28.4 Å². The first-order valence-corrected chi connectivity index (χ1v) is 10.3. The van der Waals surface area contributed by atoms with Crippen LogP contribution in [-0.4, -0.2) is 37.1 Å². The molecule has 0 amide bonds. The summed E-state index contributed by atoms with van der Waals surface area (Å²) < 4.78 is 3.91. The Morgan fingerprint density at radius 3 is 2.89 bits per heavy atom. The van der Waals surface area contributed by atoms with Crippen LogP contribution in [0.15, 0.2) is 34.7 Å². The lowest BCUT2D eigenvalue weighted by Crippen LogP contribution is -2.47. The molecule has 3 aromatic heterocycles. The minimum absolute atomic E-state index is 0.0973. The Kier molecular flexibility index (Phi) is 4.02. The van der Waals surface area contributed by atoms with E-state index >= 15 is 0 Å². The molecule has 2 bridgehead atoms. The molecule has 0 aromatic carbocycles. The molecular formula is C20H23N5OS. The van der Waals surface area contributed by atoms with E-state index in [4.69, 9.17) is 0 Å². The van der Waals surface area contributed by atoms with E-state index in [2.05, 4.69) is 33.2 Å². The largest absolute Gasteiger partial charge is 0.334 e. The minimum Gasteiger partial charge on any atom is -0.334 e. The quantitative estimate of drug-likeness (QED) is 0.700. The number of aryl methyl sites for hydroxylation is 2. The van der Waals surface area contributed by atoms with E-state index in [1.54, 1.807) is 17.5 Å². The van der Waals surface area contributed by atoms with Gasteiger partial charge in [0.15, 0.2) is 0 Å². The number of thiazole rings is 1. The van der Waals surface area contributed by atoms with Crippen molar-refractivity contribution in [3.63, 3.8) is 0 Å². The summed E-state index contributed by atoms with van der Waals surface area (Å²) >= 11 is 1.72. The second-order valence-electron chi connectivity index (χ2n) is 7.80. The molecule has 7 heteroatoms. The SMILES string of the molecule is Cc1nc(CN2C[C@@H]3C[C@H](C2)c2ccc(-c4nccn4C)c(=O)n2C3)cs1. The van der Waals surface area contributed by atoms with Crippen molar-refractivity contribution in [2.45, 2.75) is 32.4 Å². The predicted octanol–water partition coefficient (Wildman–Crippen LogP) is 2.63. The highest BCUT2D eigenvalue weighted by Gasteiger charge is 2.35. The zero-order chi connectivity index (χ0) is 18.5. The number of hydrogen-bond donors (Lipinski definition) is 0. The number of pyridine rings is 1. The van der Waals surface area contributed by atoms with Crippen LogP contribution in [0.5, 0.6) is 0 Å². The Hall–Kier alpha value is -2.25. The molecule has 0 spiro atoms. The third kappa shape index (κ3) is 2.95. The lowest BCUT2D eigenvalue weighted by Gasteiger charge is -2.42. The maximum atomic E-state index is 13.2. The number of imidazole rings is 1. The second-order valence-corrected chi connectivity index (χ2v) is 8.86. The summed E-state index contributed by atoms with van der Waals surface area (Å²) in [5, 5.41) is 3.29. The molecule has 2 aliphatic heterocycles. The zero-order valence-electron chi connectivity index (χ0n) is 15.6. The average Bonchev–Trinajstić information content (AvgIpc) is 3.24. The molecule has 2 atom stereocenters. The monoisotopic (exact) mass is 381 g/mol. The van der Waals surface area contributed by atoms with Crippen LogP contribution in [0.4, 0.5) is 0 Å². The fourth-order valence-electron chi connectivity index (χ4n) is 4.68. The standard InChI is InChI=1S/C20H23N5OS/c1-13-22-16(12-27-13)11-24-8-14-7-15(10-24)18-4-3-17(20(26)25(18)9-14)19-21-5-6-23(19)2/h3-6,12,14-15H,7-11H2,1-2H3/t14-,15+/m0/s1. The second kappa shape index (κ2) is 6.42. The van der Waals surface area contributed by atoms with Crippen LogP contribution in [0, 0.1) is 12.8 Å². The summed E-state index contributed by atoms with van der Waals surface area (Å²) in [7, 11) is 1.93. The number of rotatable bonds is 3. The molecule has 2 aliphatic rings. The first-order valence-electron chi connectivity index (χ1n) is 9.43. The number of aromatic nitrogens is 4. The van der Waals surface area contributed by atoms with E-state index in [-0.39, 0.29) is 5.56 Å². The number of fused-ring (bicyclic) bond motifs is 4. The third-order valence-corrected chi connectivity index (χ3v) is 6.62. The summed E-state index contributed by atoms with van der Waals surface area (Å²) in [5.74, 6) is 1.68. The molecule has 27 heavy (non-hydrogen) atoms. The molecule has 5 rings (SSSR count). The summed E-state index contributed by atoms with van der Waals surface area (Å²) in [6.45, 7) is 5.79. The molecule has 3 aromatic rings. The average molecular weight is 382 g/mol. The topological polar surface area (TPSA) is 56.0 Å². The van der Waals surface area contributed by atoms with E-state index in [1.165, 1.54) is 17.8 Å². The van der Waals surface area contributed by atoms with Crippen molar-refractivity contribution < 1.29 is 0 Å². The fourth-order valence-corrected chi connectivity index (χ4v) is 5.28. The molecule has 5 heterocycles. The zero-order valence-corrected chi connectivity index (χ0v) is 16.4. The van der Waals surface area contributed by atoms with Gasteiger partial charge in [-0.05, 0) is 31.4 Å². The number of hydrogen-bond acceptors (Lipinski definition) is 5. The van der Waals surface area contributed by atoms with Crippen LogP contribution in [0.25, 0.3) is 11.4 Å². The molecule has 0 N–H and O–H groups in total. The summed E-state index contributed by atoms with van der Waals surface area (Å²) in [6.07, 6.45) is 4.80. The minimum atomic E-state index is 0.0973. The van der Waals surface area contributed by atoms with Gasteiger partial charge in [0.1, 0.15) is 5.82 Å². The number of likely N-dealkylation sites (tertiary alicyclic amines) is 1. The third-order valence-electron chi connectivity index (χ3n) is 5.79. The lowest BCUT2D eigenvalue weighted by molar-refractivity contribution is 0.113. The van der Waals surface area contributed by atoms with Crippen molar-refractivity contribution in [1.29, 1.82) is 0 Å². The smallest absolute Gasteiger partial charge is 0.261 e. The van der Waals surface area contributed by atoms with Gasteiger partial charge in [-0.3, -0.25) is 9.69 Å². The number of nitrogens with zero attached hydrogens (tertiary/aromatic N) is 5. The molecule has 0 aliphatic carbocycles. The van der Waals surface area contributed by atoms with Crippen LogP contribution in [0.1, 0.15) is 28.7 Å². The van der Waals surface area contributed by atoms with E-state index < -0.39 is 0 Å². The van der Waals surface area contributed by atoms with Gasteiger partial charge in [-0.15, -0.1) is 11.3 Å². The highest BCUT2D eigenvalue weighted by molar-refractivity contribution is 7.09. The van der Waals surface area contributed by atoms with Gasteiger partial charge in [-0.1, -0.05) is 0 Å². The maximum absolute atomic E-state index is 13.2. The van der Waals surface area contributed by atoms with Crippen LogP contribution < -0.4 is 5.56 Å². The van der Waals surface area contributed by atoms with Crippen LogP contribution in [0.3, 0.4) is 0 Å². The van der Waals surface area contributed by atoms with Gasteiger partial charge >= 0.3 is 0 Å². The van der Waals surface area contributed by atoms with Gasteiger partial charge in [0.2, 0.25) is 0 Å². The van der Waals surface area contributed by atoms with Gasteiger partial charge in [0, 0.05) is 62.6 Å². The molecular weight excluding hydrogens is 358 g/mol. The maximum Gasteiger partial charge on any atom is 0.261 e. The van der Waals surface area contributed by atoms with Crippen LogP contribution >= 0.6 is 11.3 Å². The van der Waals surface area contributed by atoms with Crippen molar-refractivity contribution in [2.75, 3.05) is 13.1 Å². The molecule has 1 saturated heterocycles. The lowest BCUT2D eigenvalue weighted by atomic mass is 9.83. The van der Waals surface area contributed by atoms with Crippen molar-refractivity contribution in [2.24, 2.45) is 13.0 Å². The Labute approximate surface area is 162 Å². The van der Waals surface area contributed by atoms with E-state index in [0.717, 1.165) is 37.0 Å². The van der Waals surface area contributed by atoms with E-state index in [0.29, 0.717) is 17.4 Å². The van der Waals surface area contributed by atoms with Gasteiger partial charge in [-0.25, -0.2) is 9.97 Å². The van der Waals surface area contributed by atoms with E-state index in [9.17, 15) is 4.79 Å². The van der Waals surface area contributed by atoms with Crippen molar-refractivity contribution in [1.82, 2.24) is 24.0 Å². The van der Waals surface area contributed by atoms with Crippen LogP contribution in [-0.2, 0) is 20.1 Å². The Balaban J connectivity index is 1.45. The summed E-state index contributed by atoms with van der Waals surface area (Å²) in [4.78, 5) is 24.6. The summed E-state index contributed by atoms with van der Waals surface area (Å²) in [6, 6.07) is 4.10. The number of piperidine rings is 1. The molecule has 6 nitrogen and oxygen atoms in total. The molecule has 140 valence electrons. The molecule has 0 unspecified atom stereocenters. The summed E-state index contributed by atoms with van der Waals surface area (Å²) in [5.41, 5.74) is 3.13. The molecule has 1 fully saturated rings. The van der Waals surface area contributed by atoms with Gasteiger partial charge < -0.3 is 9.13 Å². The molecule has 0 radical (unpaired) electrons. The Bertz CT molecular complexity index is 1050. The Morgan fingerprint density at radius 1 is 1.26 bits per heavy atom. The highest BCUT2D eigenvalue weighted by Crippen LogP contribution is 2.36. The Morgan fingerprint density at radius 2 is 2.15 bits per heavy atom. The van der Waals surface area contributed by atoms with Gasteiger partial charge in [-0.2, -0.15) is 0 Å². The first kappa shape index (κ1) is 16.9. The fraction of sp³-hybridized carbons (Fsp3) is 0.450. The highest BCUT2D eigenvalue weighted by atomic mass is 32.1. The van der Waals surface area contributed by atoms with Gasteiger partial charge in [0.05, 0.1) is 16.3 Å². The van der Waals surface area contributed by atoms with Gasteiger partial charge in [0.25, 0.3) is 5.56 Å². The normalized spacial score (nSPS) is 22.0. The van der Waals surface area contributed by atoms with Crippen molar-refractivity contribution in [3.05, 3.63) is 56.7 Å². The first-order chi connectivity index (χ1) is 13.1.